The number of carbonyl (C=O) groups is 3. The third kappa shape index (κ3) is 6.82. The first-order chi connectivity index (χ1) is 13.4. The Hall–Kier alpha value is -2.08. The molecule has 3 amide bonds. The minimum Gasteiger partial charge on any atom is -0.356 e. The molecular formula is C21H30ClN3O3. The predicted molar refractivity (Wildman–Crippen MR) is 110 cm³/mol. The molecule has 7 heteroatoms. The lowest BCUT2D eigenvalue weighted by Gasteiger charge is -2.33. The number of unbranched alkanes of at least 4 members (excludes halogenated alkanes) is 1. The van der Waals surface area contributed by atoms with Crippen LogP contribution in [-0.4, -0.2) is 42.3 Å². The first-order valence-electron chi connectivity index (χ1n) is 9.98. The standard InChI is InChI=1S/C21H30ClN3O3/c1-3-4-11-23-21(28)17-6-5-12-25(14-17)20(27)13-19(24-15(2)26)16-7-9-18(22)10-8-16/h7-10,17,19H,3-6,11-14H2,1-2H3,(H,23,28)(H,24,26). The van der Waals surface area contributed by atoms with Gasteiger partial charge in [0.25, 0.3) is 0 Å². The summed E-state index contributed by atoms with van der Waals surface area (Å²) in [6, 6.07) is 6.70. The van der Waals surface area contributed by atoms with E-state index in [4.69, 9.17) is 11.6 Å². The molecule has 0 radical (unpaired) electrons. The lowest BCUT2D eigenvalue weighted by Crippen LogP contribution is -2.46. The maximum absolute atomic E-state index is 12.9. The van der Waals surface area contributed by atoms with Gasteiger partial charge in [0.1, 0.15) is 0 Å². The van der Waals surface area contributed by atoms with E-state index in [0.29, 0.717) is 24.7 Å². The van der Waals surface area contributed by atoms with E-state index in [1.165, 1.54) is 6.92 Å². The summed E-state index contributed by atoms with van der Waals surface area (Å²) in [5, 5.41) is 6.41. The van der Waals surface area contributed by atoms with Crippen molar-refractivity contribution in [3.63, 3.8) is 0 Å². The minimum atomic E-state index is -0.416. The van der Waals surface area contributed by atoms with Crippen LogP contribution in [0.25, 0.3) is 0 Å². The van der Waals surface area contributed by atoms with Crippen molar-refractivity contribution in [2.75, 3.05) is 19.6 Å². The summed E-state index contributed by atoms with van der Waals surface area (Å²) in [6.07, 6.45) is 3.76. The zero-order valence-electron chi connectivity index (χ0n) is 16.7. The molecule has 0 spiro atoms. The maximum Gasteiger partial charge on any atom is 0.225 e. The van der Waals surface area contributed by atoms with Gasteiger partial charge in [0.15, 0.2) is 0 Å². The Kier molecular flexibility index (Phi) is 8.77. The van der Waals surface area contributed by atoms with Gasteiger partial charge in [-0.1, -0.05) is 37.1 Å². The topological polar surface area (TPSA) is 78.5 Å². The molecule has 2 N–H and O–H groups in total. The van der Waals surface area contributed by atoms with Crippen LogP contribution in [0.2, 0.25) is 5.02 Å². The van der Waals surface area contributed by atoms with Crippen LogP contribution >= 0.6 is 11.6 Å². The Morgan fingerprint density at radius 2 is 1.96 bits per heavy atom. The second kappa shape index (κ2) is 11.1. The van der Waals surface area contributed by atoms with Gasteiger partial charge in [-0.05, 0) is 37.0 Å². The molecule has 1 aromatic carbocycles. The van der Waals surface area contributed by atoms with Gasteiger partial charge < -0.3 is 15.5 Å². The average molecular weight is 408 g/mol. The first-order valence-corrected chi connectivity index (χ1v) is 10.4. The van der Waals surface area contributed by atoms with Crippen molar-refractivity contribution in [3.05, 3.63) is 34.9 Å². The van der Waals surface area contributed by atoms with Crippen molar-refractivity contribution in [3.8, 4) is 0 Å². The third-order valence-corrected chi connectivity index (χ3v) is 5.26. The fourth-order valence-corrected chi connectivity index (χ4v) is 3.57. The molecule has 1 aliphatic rings. The molecule has 1 aliphatic heterocycles. The van der Waals surface area contributed by atoms with Crippen molar-refractivity contribution in [2.24, 2.45) is 5.92 Å². The summed E-state index contributed by atoms with van der Waals surface area (Å²) in [7, 11) is 0. The summed E-state index contributed by atoms with van der Waals surface area (Å²) in [4.78, 5) is 38.6. The Bertz CT molecular complexity index is 678. The van der Waals surface area contributed by atoms with E-state index in [2.05, 4.69) is 17.6 Å². The SMILES string of the molecule is CCCCNC(=O)C1CCCN(C(=O)CC(NC(C)=O)c2ccc(Cl)cc2)C1. The van der Waals surface area contributed by atoms with Crippen molar-refractivity contribution in [2.45, 2.75) is 52.0 Å². The number of nitrogens with zero attached hydrogens (tertiary/aromatic N) is 1. The summed E-state index contributed by atoms with van der Waals surface area (Å²) >= 11 is 5.94. The number of piperidine rings is 1. The summed E-state index contributed by atoms with van der Waals surface area (Å²) in [5.74, 6) is -0.384. The van der Waals surface area contributed by atoms with Gasteiger partial charge in [-0.2, -0.15) is 0 Å². The zero-order valence-corrected chi connectivity index (χ0v) is 17.4. The number of benzene rings is 1. The van der Waals surface area contributed by atoms with Gasteiger partial charge in [-0.3, -0.25) is 14.4 Å². The van der Waals surface area contributed by atoms with Crippen LogP contribution in [0.4, 0.5) is 0 Å². The van der Waals surface area contributed by atoms with E-state index in [0.717, 1.165) is 31.2 Å². The minimum absolute atomic E-state index is 0.0297. The molecule has 28 heavy (non-hydrogen) atoms. The number of amides is 3. The predicted octanol–water partition coefficient (Wildman–Crippen LogP) is 3.06. The van der Waals surface area contributed by atoms with E-state index in [1.54, 1.807) is 17.0 Å². The smallest absolute Gasteiger partial charge is 0.225 e. The van der Waals surface area contributed by atoms with Crippen LogP contribution in [0, 0.1) is 5.92 Å². The molecule has 1 heterocycles. The molecule has 1 saturated heterocycles. The van der Waals surface area contributed by atoms with Crippen LogP contribution in [0.15, 0.2) is 24.3 Å². The lowest BCUT2D eigenvalue weighted by molar-refractivity contribution is -0.136. The van der Waals surface area contributed by atoms with Gasteiger partial charge in [0.05, 0.1) is 18.4 Å². The second-order valence-electron chi connectivity index (χ2n) is 7.33. The summed E-state index contributed by atoms with van der Waals surface area (Å²) < 4.78 is 0. The monoisotopic (exact) mass is 407 g/mol. The molecular weight excluding hydrogens is 378 g/mol. The number of halogens is 1. The summed E-state index contributed by atoms with van der Waals surface area (Å²) in [5.41, 5.74) is 0.832. The summed E-state index contributed by atoms with van der Waals surface area (Å²) in [6.45, 7) is 5.28. The highest BCUT2D eigenvalue weighted by molar-refractivity contribution is 6.30. The Morgan fingerprint density at radius 3 is 2.61 bits per heavy atom. The van der Waals surface area contributed by atoms with Crippen molar-refractivity contribution < 1.29 is 14.4 Å². The van der Waals surface area contributed by atoms with Crippen LogP contribution in [-0.2, 0) is 14.4 Å². The zero-order chi connectivity index (χ0) is 20.5. The van der Waals surface area contributed by atoms with E-state index in [9.17, 15) is 14.4 Å². The lowest BCUT2D eigenvalue weighted by atomic mass is 9.95. The molecule has 0 aliphatic carbocycles. The van der Waals surface area contributed by atoms with Crippen molar-refractivity contribution in [1.29, 1.82) is 0 Å². The largest absolute Gasteiger partial charge is 0.356 e. The molecule has 0 aromatic heterocycles. The molecule has 0 bridgehead atoms. The number of hydrogen-bond acceptors (Lipinski definition) is 3. The number of nitrogens with one attached hydrogen (secondary N) is 2. The normalized spacial score (nSPS) is 17.7. The number of carbonyl (C=O) groups excluding carboxylic acids is 3. The van der Waals surface area contributed by atoms with E-state index in [-0.39, 0.29) is 30.1 Å². The Morgan fingerprint density at radius 1 is 1.25 bits per heavy atom. The van der Waals surface area contributed by atoms with E-state index < -0.39 is 6.04 Å². The van der Waals surface area contributed by atoms with Crippen molar-refractivity contribution in [1.82, 2.24) is 15.5 Å². The van der Waals surface area contributed by atoms with Gasteiger partial charge in [-0.15, -0.1) is 0 Å². The number of rotatable bonds is 8. The highest BCUT2D eigenvalue weighted by atomic mass is 35.5. The highest BCUT2D eigenvalue weighted by Crippen LogP contribution is 2.23. The Labute approximate surface area is 172 Å². The molecule has 154 valence electrons. The molecule has 1 fully saturated rings. The highest BCUT2D eigenvalue weighted by Gasteiger charge is 2.29. The third-order valence-electron chi connectivity index (χ3n) is 5.00. The van der Waals surface area contributed by atoms with Gasteiger partial charge in [-0.25, -0.2) is 0 Å². The van der Waals surface area contributed by atoms with Crippen molar-refractivity contribution >= 4 is 29.3 Å². The van der Waals surface area contributed by atoms with Crippen LogP contribution < -0.4 is 10.6 Å². The van der Waals surface area contributed by atoms with E-state index in [1.807, 2.05) is 12.1 Å². The number of hydrogen-bond donors (Lipinski definition) is 2. The van der Waals surface area contributed by atoms with Gasteiger partial charge >= 0.3 is 0 Å². The number of likely N-dealkylation sites (tertiary alicyclic amines) is 1. The molecule has 1 aromatic rings. The molecule has 2 rings (SSSR count). The van der Waals surface area contributed by atoms with Gasteiger partial charge in [0, 0.05) is 31.6 Å². The Balaban J connectivity index is 1.98. The second-order valence-corrected chi connectivity index (χ2v) is 7.77. The molecule has 2 unspecified atom stereocenters. The fraction of sp³-hybridized carbons (Fsp3) is 0.571. The quantitative estimate of drug-likeness (QED) is 0.650. The van der Waals surface area contributed by atoms with Crippen LogP contribution in [0.3, 0.4) is 0 Å². The van der Waals surface area contributed by atoms with Gasteiger partial charge in [0.2, 0.25) is 17.7 Å². The molecule has 0 saturated carbocycles. The van der Waals surface area contributed by atoms with Crippen LogP contribution in [0.5, 0.6) is 0 Å². The molecule has 6 nitrogen and oxygen atoms in total. The fourth-order valence-electron chi connectivity index (χ4n) is 3.45. The van der Waals surface area contributed by atoms with Crippen LogP contribution in [0.1, 0.15) is 57.6 Å². The molecule has 2 atom stereocenters. The van der Waals surface area contributed by atoms with E-state index >= 15 is 0 Å². The first kappa shape index (κ1) is 22.2. The average Bonchev–Trinajstić information content (AvgIpc) is 2.68. The maximum atomic E-state index is 12.9.